The van der Waals surface area contributed by atoms with E-state index in [1.807, 2.05) is 0 Å². The molecule has 1 aromatic carbocycles. The van der Waals surface area contributed by atoms with Crippen LogP contribution in [0.5, 0.6) is 5.75 Å². The Morgan fingerprint density at radius 3 is 2.62 bits per heavy atom. The van der Waals surface area contributed by atoms with E-state index in [9.17, 15) is 13.2 Å². The lowest BCUT2D eigenvalue weighted by atomic mass is 9.76. The van der Waals surface area contributed by atoms with Crippen LogP contribution in [0.25, 0.3) is 0 Å². The monoisotopic (exact) mass is 231 g/mol. The maximum atomic E-state index is 13.0. The van der Waals surface area contributed by atoms with Crippen LogP contribution in [0.1, 0.15) is 24.3 Å². The molecule has 5 heteroatoms. The molecule has 0 aliphatic heterocycles. The van der Waals surface area contributed by atoms with E-state index in [2.05, 4.69) is 0 Å². The summed E-state index contributed by atoms with van der Waals surface area (Å²) < 4.78 is 43.6. The van der Waals surface area contributed by atoms with Crippen LogP contribution in [-0.4, -0.2) is 12.7 Å². The standard InChI is InChI=1S/C11H12F3NO/c12-8-1-2-10(16-6-15)9(3-8)7-4-11(13,14)5-7/h1-3,7H,4-6,15H2. The first kappa shape index (κ1) is 11.3. The quantitative estimate of drug-likeness (QED) is 0.811. The Morgan fingerprint density at radius 2 is 2.06 bits per heavy atom. The van der Waals surface area contributed by atoms with Gasteiger partial charge in [-0.25, -0.2) is 13.2 Å². The summed E-state index contributed by atoms with van der Waals surface area (Å²) in [6.45, 7) is -0.0538. The molecule has 2 nitrogen and oxygen atoms in total. The number of benzene rings is 1. The molecule has 0 atom stereocenters. The molecule has 1 fully saturated rings. The van der Waals surface area contributed by atoms with Gasteiger partial charge in [-0.05, 0) is 24.1 Å². The maximum Gasteiger partial charge on any atom is 0.249 e. The van der Waals surface area contributed by atoms with Gasteiger partial charge in [-0.1, -0.05) is 0 Å². The lowest BCUT2D eigenvalue weighted by Crippen LogP contribution is -2.34. The van der Waals surface area contributed by atoms with Crippen molar-refractivity contribution in [1.29, 1.82) is 0 Å². The normalized spacial score (nSPS) is 19.2. The number of alkyl halides is 2. The van der Waals surface area contributed by atoms with Gasteiger partial charge in [-0.15, -0.1) is 0 Å². The highest BCUT2D eigenvalue weighted by Crippen LogP contribution is 2.50. The molecule has 1 aliphatic rings. The maximum absolute atomic E-state index is 13.0. The number of hydrogen-bond donors (Lipinski definition) is 1. The van der Waals surface area contributed by atoms with Crippen molar-refractivity contribution >= 4 is 0 Å². The molecule has 0 aromatic heterocycles. The summed E-state index contributed by atoms with van der Waals surface area (Å²) in [6.07, 6.45) is -0.505. The molecule has 0 heterocycles. The van der Waals surface area contributed by atoms with Gasteiger partial charge in [0.15, 0.2) is 0 Å². The highest BCUT2D eigenvalue weighted by atomic mass is 19.3. The average molecular weight is 231 g/mol. The van der Waals surface area contributed by atoms with Crippen LogP contribution in [0.4, 0.5) is 13.2 Å². The zero-order chi connectivity index (χ0) is 11.8. The number of ether oxygens (including phenoxy) is 1. The minimum Gasteiger partial charge on any atom is -0.478 e. The highest BCUT2D eigenvalue weighted by Gasteiger charge is 2.46. The summed E-state index contributed by atoms with van der Waals surface area (Å²) in [5.41, 5.74) is 5.70. The Morgan fingerprint density at radius 1 is 1.38 bits per heavy atom. The Bertz CT molecular complexity index is 387. The molecule has 0 amide bonds. The molecule has 0 spiro atoms. The van der Waals surface area contributed by atoms with Gasteiger partial charge in [0.1, 0.15) is 18.3 Å². The van der Waals surface area contributed by atoms with E-state index in [4.69, 9.17) is 10.5 Å². The van der Waals surface area contributed by atoms with Gasteiger partial charge in [0, 0.05) is 18.4 Å². The number of rotatable bonds is 3. The summed E-state index contributed by atoms with van der Waals surface area (Å²) in [5.74, 6) is -3.03. The fraction of sp³-hybridized carbons (Fsp3) is 0.455. The van der Waals surface area contributed by atoms with Crippen LogP contribution >= 0.6 is 0 Å². The van der Waals surface area contributed by atoms with Crippen LogP contribution in [0.2, 0.25) is 0 Å². The third-order valence-electron chi connectivity index (χ3n) is 2.74. The topological polar surface area (TPSA) is 35.2 Å². The molecular formula is C11H12F3NO. The molecule has 0 bridgehead atoms. The van der Waals surface area contributed by atoms with Crippen LogP contribution in [0.3, 0.4) is 0 Å². The predicted molar refractivity (Wildman–Crippen MR) is 53.0 cm³/mol. The minimum absolute atomic E-state index is 0.0538. The largest absolute Gasteiger partial charge is 0.478 e. The highest BCUT2D eigenvalue weighted by molar-refractivity contribution is 5.38. The second kappa shape index (κ2) is 3.97. The zero-order valence-electron chi connectivity index (χ0n) is 8.55. The third-order valence-corrected chi connectivity index (χ3v) is 2.74. The fourth-order valence-electron chi connectivity index (χ4n) is 1.94. The van der Waals surface area contributed by atoms with E-state index in [0.29, 0.717) is 11.3 Å². The molecular weight excluding hydrogens is 219 g/mol. The molecule has 1 aliphatic carbocycles. The SMILES string of the molecule is NCOc1ccc(F)cc1C1CC(F)(F)C1. The number of halogens is 3. The molecule has 0 radical (unpaired) electrons. The Kier molecular flexibility index (Phi) is 2.80. The molecule has 16 heavy (non-hydrogen) atoms. The van der Waals surface area contributed by atoms with Crippen molar-refractivity contribution in [3.8, 4) is 5.75 Å². The van der Waals surface area contributed by atoms with Gasteiger partial charge in [0.2, 0.25) is 5.92 Å². The van der Waals surface area contributed by atoms with Crippen molar-refractivity contribution in [2.75, 3.05) is 6.73 Å². The fourth-order valence-corrected chi connectivity index (χ4v) is 1.94. The minimum atomic E-state index is -2.63. The van der Waals surface area contributed by atoms with Crippen molar-refractivity contribution in [2.24, 2.45) is 5.73 Å². The van der Waals surface area contributed by atoms with Crippen molar-refractivity contribution in [3.63, 3.8) is 0 Å². The Hall–Kier alpha value is -1.23. The molecule has 0 saturated heterocycles. The van der Waals surface area contributed by atoms with Gasteiger partial charge in [0.05, 0.1) is 0 Å². The first-order valence-corrected chi connectivity index (χ1v) is 5.02. The van der Waals surface area contributed by atoms with E-state index in [1.54, 1.807) is 0 Å². The molecule has 1 aromatic rings. The van der Waals surface area contributed by atoms with Gasteiger partial charge >= 0.3 is 0 Å². The van der Waals surface area contributed by atoms with Gasteiger partial charge in [-0.3, -0.25) is 5.73 Å². The van der Waals surface area contributed by atoms with Crippen LogP contribution in [0.15, 0.2) is 18.2 Å². The Balaban J connectivity index is 2.22. The second-order valence-electron chi connectivity index (χ2n) is 3.95. The van der Waals surface area contributed by atoms with Gasteiger partial charge < -0.3 is 4.74 Å². The first-order valence-electron chi connectivity index (χ1n) is 5.02. The third kappa shape index (κ3) is 2.14. The lowest BCUT2D eigenvalue weighted by Gasteiger charge is -2.35. The molecule has 0 unspecified atom stereocenters. The summed E-state index contributed by atoms with van der Waals surface area (Å²) >= 11 is 0. The average Bonchev–Trinajstić information content (AvgIpc) is 2.17. The van der Waals surface area contributed by atoms with Crippen molar-refractivity contribution in [3.05, 3.63) is 29.6 Å². The first-order chi connectivity index (χ1) is 7.52. The summed E-state index contributed by atoms with van der Waals surface area (Å²) in [7, 11) is 0. The number of nitrogens with two attached hydrogens (primary N) is 1. The lowest BCUT2D eigenvalue weighted by molar-refractivity contribution is -0.0871. The van der Waals surface area contributed by atoms with Gasteiger partial charge in [-0.2, -0.15) is 0 Å². The van der Waals surface area contributed by atoms with E-state index in [0.717, 1.165) is 0 Å². The molecule has 2 rings (SSSR count). The Labute approximate surface area is 91.2 Å². The van der Waals surface area contributed by atoms with Gasteiger partial charge in [0.25, 0.3) is 0 Å². The summed E-state index contributed by atoms with van der Waals surface area (Å²) in [6, 6.07) is 3.89. The van der Waals surface area contributed by atoms with E-state index < -0.39 is 11.7 Å². The summed E-state index contributed by atoms with van der Waals surface area (Å²) in [4.78, 5) is 0. The van der Waals surface area contributed by atoms with Crippen molar-refractivity contribution in [2.45, 2.75) is 24.7 Å². The summed E-state index contributed by atoms with van der Waals surface area (Å²) in [5, 5.41) is 0. The van der Waals surface area contributed by atoms with E-state index in [1.165, 1.54) is 18.2 Å². The zero-order valence-corrected chi connectivity index (χ0v) is 8.55. The van der Waals surface area contributed by atoms with Crippen LogP contribution in [0, 0.1) is 5.82 Å². The molecule has 1 saturated carbocycles. The van der Waals surface area contributed by atoms with Crippen molar-refractivity contribution in [1.82, 2.24) is 0 Å². The smallest absolute Gasteiger partial charge is 0.249 e. The molecule has 2 N–H and O–H groups in total. The van der Waals surface area contributed by atoms with E-state index >= 15 is 0 Å². The predicted octanol–water partition coefficient (Wildman–Crippen LogP) is 2.63. The molecule has 88 valence electrons. The van der Waals surface area contributed by atoms with Crippen LogP contribution < -0.4 is 10.5 Å². The van der Waals surface area contributed by atoms with Crippen molar-refractivity contribution < 1.29 is 17.9 Å². The second-order valence-corrected chi connectivity index (χ2v) is 3.95. The van der Waals surface area contributed by atoms with Crippen LogP contribution in [-0.2, 0) is 0 Å². The number of hydrogen-bond acceptors (Lipinski definition) is 2. The van der Waals surface area contributed by atoms with E-state index in [-0.39, 0.29) is 25.5 Å².